The Balaban J connectivity index is 1.96. The molecule has 0 aromatic carbocycles. The average molecular weight is 253 g/mol. The number of thiophene rings is 1. The smallest absolute Gasteiger partial charge is 0.246 e. The predicted octanol–water partition coefficient (Wildman–Crippen LogP) is 0.634. The van der Waals surface area contributed by atoms with E-state index in [0.29, 0.717) is 0 Å². The molecule has 2 N–H and O–H groups in total. The molecular weight excluding hydrogens is 238 g/mol. The summed E-state index contributed by atoms with van der Waals surface area (Å²) in [6.45, 7) is 2.42. The van der Waals surface area contributed by atoms with E-state index in [4.69, 9.17) is 0 Å². The number of aryl methyl sites for hydroxylation is 1. The molecular formula is C12H15NO3S. The molecule has 2 heterocycles. The summed E-state index contributed by atoms with van der Waals surface area (Å²) in [5.41, 5.74) is 0. The minimum Gasteiger partial charge on any atom is -0.388 e. The summed E-state index contributed by atoms with van der Waals surface area (Å²) < 4.78 is 0. The zero-order chi connectivity index (χ0) is 12.4. The second kappa shape index (κ2) is 5.00. The third-order valence-corrected chi connectivity index (χ3v) is 3.69. The monoisotopic (exact) mass is 253 g/mol. The molecule has 2 unspecified atom stereocenters. The highest BCUT2D eigenvalue weighted by Crippen LogP contribution is 2.17. The maximum Gasteiger partial charge on any atom is 0.246 e. The lowest BCUT2D eigenvalue weighted by Gasteiger charge is -2.11. The van der Waals surface area contributed by atoms with E-state index in [-0.39, 0.29) is 19.0 Å². The van der Waals surface area contributed by atoms with Crippen LogP contribution >= 0.6 is 11.3 Å². The fraction of sp³-hybridized carbons (Fsp3) is 0.417. The first-order valence-electron chi connectivity index (χ1n) is 5.46. The van der Waals surface area contributed by atoms with Crippen LogP contribution in [0.25, 0.3) is 6.08 Å². The zero-order valence-corrected chi connectivity index (χ0v) is 10.4. The van der Waals surface area contributed by atoms with Gasteiger partial charge in [-0.15, -0.1) is 11.3 Å². The molecule has 4 nitrogen and oxygen atoms in total. The molecule has 1 aromatic heterocycles. The Labute approximate surface area is 104 Å². The van der Waals surface area contributed by atoms with Gasteiger partial charge in [0, 0.05) is 28.9 Å². The highest BCUT2D eigenvalue weighted by molar-refractivity contribution is 7.12. The molecule has 1 aliphatic heterocycles. The van der Waals surface area contributed by atoms with E-state index in [1.165, 1.54) is 15.9 Å². The molecule has 0 radical (unpaired) electrons. The van der Waals surface area contributed by atoms with Gasteiger partial charge in [-0.2, -0.15) is 0 Å². The minimum absolute atomic E-state index is 0.174. The van der Waals surface area contributed by atoms with Crippen LogP contribution in [0.5, 0.6) is 0 Å². The number of aliphatic hydroxyl groups excluding tert-OH is 2. The first-order chi connectivity index (χ1) is 8.06. The highest BCUT2D eigenvalue weighted by atomic mass is 32.1. The fourth-order valence-electron chi connectivity index (χ4n) is 1.75. The SMILES string of the molecule is Cc1ccc(/C=C/C(=O)N2CC(O)C(O)C2)s1. The van der Waals surface area contributed by atoms with E-state index < -0.39 is 12.2 Å². The Bertz CT molecular complexity index is 431. The number of carbonyl (C=O) groups is 1. The number of nitrogens with zero attached hydrogens (tertiary/aromatic N) is 1. The lowest BCUT2D eigenvalue weighted by Crippen LogP contribution is -2.27. The molecule has 0 saturated carbocycles. The van der Waals surface area contributed by atoms with Gasteiger partial charge in [0.2, 0.25) is 5.91 Å². The van der Waals surface area contributed by atoms with Crippen molar-refractivity contribution in [2.75, 3.05) is 13.1 Å². The molecule has 0 bridgehead atoms. The molecule has 0 aliphatic carbocycles. The van der Waals surface area contributed by atoms with Crippen molar-refractivity contribution in [2.24, 2.45) is 0 Å². The van der Waals surface area contributed by atoms with Crippen LogP contribution in [0.2, 0.25) is 0 Å². The normalized spacial score (nSPS) is 24.8. The topological polar surface area (TPSA) is 60.8 Å². The van der Waals surface area contributed by atoms with Crippen LogP contribution < -0.4 is 0 Å². The molecule has 17 heavy (non-hydrogen) atoms. The second-order valence-corrected chi connectivity index (χ2v) is 5.48. The summed E-state index contributed by atoms with van der Waals surface area (Å²) >= 11 is 1.62. The first kappa shape index (κ1) is 12.3. The molecule has 2 rings (SSSR count). The van der Waals surface area contributed by atoms with Crippen molar-refractivity contribution in [3.8, 4) is 0 Å². The fourth-order valence-corrected chi connectivity index (χ4v) is 2.53. The van der Waals surface area contributed by atoms with Crippen LogP contribution in [0.4, 0.5) is 0 Å². The third kappa shape index (κ3) is 2.94. The number of hydrogen-bond acceptors (Lipinski definition) is 4. The maximum absolute atomic E-state index is 11.7. The molecule has 92 valence electrons. The van der Waals surface area contributed by atoms with Crippen molar-refractivity contribution in [3.05, 3.63) is 28.0 Å². The average Bonchev–Trinajstić information content (AvgIpc) is 2.83. The van der Waals surface area contributed by atoms with Gasteiger partial charge >= 0.3 is 0 Å². The third-order valence-electron chi connectivity index (χ3n) is 2.72. The number of aliphatic hydroxyl groups is 2. The largest absolute Gasteiger partial charge is 0.388 e. The van der Waals surface area contributed by atoms with Gasteiger partial charge in [0.25, 0.3) is 0 Å². The lowest BCUT2D eigenvalue weighted by atomic mass is 10.3. The van der Waals surface area contributed by atoms with Crippen molar-refractivity contribution >= 4 is 23.3 Å². The molecule has 5 heteroatoms. The van der Waals surface area contributed by atoms with E-state index in [2.05, 4.69) is 0 Å². The second-order valence-electron chi connectivity index (χ2n) is 4.16. The predicted molar refractivity (Wildman–Crippen MR) is 66.7 cm³/mol. The van der Waals surface area contributed by atoms with Crippen LogP contribution in [0.15, 0.2) is 18.2 Å². The van der Waals surface area contributed by atoms with Crippen molar-refractivity contribution in [1.29, 1.82) is 0 Å². The molecule has 1 amide bonds. The van der Waals surface area contributed by atoms with E-state index in [0.717, 1.165) is 4.88 Å². The van der Waals surface area contributed by atoms with E-state index >= 15 is 0 Å². The van der Waals surface area contributed by atoms with Gasteiger partial charge in [-0.3, -0.25) is 4.79 Å². The summed E-state index contributed by atoms with van der Waals surface area (Å²) in [6.07, 6.45) is 1.60. The summed E-state index contributed by atoms with van der Waals surface area (Å²) in [4.78, 5) is 15.4. The van der Waals surface area contributed by atoms with E-state index in [9.17, 15) is 15.0 Å². The quantitative estimate of drug-likeness (QED) is 0.760. The molecule has 1 saturated heterocycles. The van der Waals surface area contributed by atoms with Crippen molar-refractivity contribution < 1.29 is 15.0 Å². The Morgan fingerprint density at radius 1 is 1.41 bits per heavy atom. The summed E-state index contributed by atoms with van der Waals surface area (Å²) in [5, 5.41) is 18.7. The van der Waals surface area contributed by atoms with Crippen molar-refractivity contribution in [3.63, 3.8) is 0 Å². The van der Waals surface area contributed by atoms with Crippen LogP contribution in [-0.2, 0) is 4.79 Å². The Morgan fingerprint density at radius 3 is 2.59 bits per heavy atom. The Morgan fingerprint density at radius 2 is 2.06 bits per heavy atom. The Kier molecular flexibility index (Phi) is 3.61. The van der Waals surface area contributed by atoms with Gasteiger partial charge in [0.05, 0.1) is 12.2 Å². The van der Waals surface area contributed by atoms with Gasteiger partial charge in [0.15, 0.2) is 0 Å². The van der Waals surface area contributed by atoms with E-state index in [1.54, 1.807) is 17.4 Å². The van der Waals surface area contributed by atoms with E-state index in [1.807, 2.05) is 19.1 Å². The maximum atomic E-state index is 11.7. The molecule has 0 spiro atoms. The summed E-state index contributed by atoms with van der Waals surface area (Å²) in [7, 11) is 0. The van der Waals surface area contributed by atoms with Gasteiger partial charge in [-0.05, 0) is 25.1 Å². The van der Waals surface area contributed by atoms with Crippen LogP contribution in [-0.4, -0.2) is 46.3 Å². The summed E-state index contributed by atoms with van der Waals surface area (Å²) in [5.74, 6) is -0.174. The lowest BCUT2D eigenvalue weighted by molar-refractivity contribution is -0.125. The Hall–Kier alpha value is -1.17. The molecule has 1 aromatic rings. The van der Waals surface area contributed by atoms with Crippen LogP contribution in [0.3, 0.4) is 0 Å². The number of β-amino-alcohol motifs (C(OH)–C–C–N with tert-alkyl or cyclic N) is 2. The number of likely N-dealkylation sites (tertiary alicyclic amines) is 1. The van der Waals surface area contributed by atoms with Crippen LogP contribution in [0, 0.1) is 6.92 Å². The summed E-state index contributed by atoms with van der Waals surface area (Å²) in [6, 6.07) is 3.95. The van der Waals surface area contributed by atoms with Crippen LogP contribution in [0.1, 0.15) is 9.75 Å². The van der Waals surface area contributed by atoms with Gasteiger partial charge in [-0.25, -0.2) is 0 Å². The molecule has 1 fully saturated rings. The minimum atomic E-state index is -0.823. The van der Waals surface area contributed by atoms with Crippen molar-refractivity contribution in [1.82, 2.24) is 4.90 Å². The molecule has 1 aliphatic rings. The van der Waals surface area contributed by atoms with Gasteiger partial charge in [0.1, 0.15) is 0 Å². The molecule has 2 atom stereocenters. The number of amides is 1. The zero-order valence-electron chi connectivity index (χ0n) is 9.54. The van der Waals surface area contributed by atoms with Crippen molar-refractivity contribution in [2.45, 2.75) is 19.1 Å². The number of rotatable bonds is 2. The number of carbonyl (C=O) groups excluding carboxylic acids is 1. The highest BCUT2D eigenvalue weighted by Gasteiger charge is 2.31. The first-order valence-corrected chi connectivity index (χ1v) is 6.27. The van der Waals surface area contributed by atoms with Gasteiger partial charge < -0.3 is 15.1 Å². The number of hydrogen-bond donors (Lipinski definition) is 2. The van der Waals surface area contributed by atoms with Gasteiger partial charge in [-0.1, -0.05) is 0 Å². The standard InChI is InChI=1S/C12H15NO3S/c1-8-2-3-9(17-8)4-5-12(16)13-6-10(14)11(15)7-13/h2-5,10-11,14-15H,6-7H2,1H3/b5-4+.